The van der Waals surface area contributed by atoms with E-state index in [-0.39, 0.29) is 5.41 Å². The van der Waals surface area contributed by atoms with Gasteiger partial charge in [0, 0.05) is 25.3 Å². The summed E-state index contributed by atoms with van der Waals surface area (Å²) in [5, 5.41) is 12.7. The predicted octanol–water partition coefficient (Wildman–Crippen LogP) is 3.90. The Morgan fingerprint density at radius 1 is 1.33 bits per heavy atom. The molecule has 3 rings (SSSR count). The molecule has 0 bridgehead atoms. The lowest BCUT2D eigenvalue weighted by Crippen LogP contribution is -2.32. The van der Waals surface area contributed by atoms with Crippen LogP contribution in [0.15, 0.2) is 35.1 Å². The second-order valence-corrected chi connectivity index (χ2v) is 7.75. The Kier molecular flexibility index (Phi) is 5.60. The minimum absolute atomic E-state index is 0.263. The van der Waals surface area contributed by atoms with Gasteiger partial charge in [-0.3, -0.25) is 0 Å². The van der Waals surface area contributed by atoms with Gasteiger partial charge in [-0.05, 0) is 50.0 Å². The lowest BCUT2D eigenvalue weighted by molar-refractivity contribution is -0.115. The van der Waals surface area contributed by atoms with Gasteiger partial charge in [0.15, 0.2) is 0 Å². The summed E-state index contributed by atoms with van der Waals surface area (Å²) in [5.74, 6) is 0.889. The van der Waals surface area contributed by atoms with E-state index < -0.39 is 0 Å². The van der Waals surface area contributed by atoms with Crippen LogP contribution < -0.4 is 5.32 Å². The summed E-state index contributed by atoms with van der Waals surface area (Å²) in [4.78, 5) is 12.0. The number of carbonyl (C=O) groups excluding carboxylic acids is 1. The van der Waals surface area contributed by atoms with Gasteiger partial charge in [0.25, 0.3) is 0 Å². The fourth-order valence-corrected chi connectivity index (χ4v) is 4.71. The Morgan fingerprint density at radius 2 is 2.12 bits per heavy atom. The Hall–Kier alpha value is -1.35. The predicted molar refractivity (Wildman–Crippen MR) is 97.4 cm³/mol. The Labute approximate surface area is 145 Å². The molecule has 0 radical (unpaired) electrons. The largest absolute Gasteiger partial charge is 0.396 e. The fraction of sp³-hybridized carbons (Fsp3) is 0.667. The molecule has 0 aliphatic heterocycles. The first kappa shape index (κ1) is 17.5. The maximum Gasteiger partial charge on any atom is 0.130 e. The quantitative estimate of drug-likeness (QED) is 0.594. The van der Waals surface area contributed by atoms with Crippen molar-refractivity contribution in [3.05, 3.63) is 35.1 Å². The summed E-state index contributed by atoms with van der Waals surface area (Å²) in [5.41, 5.74) is 3.73. The van der Waals surface area contributed by atoms with Crippen LogP contribution in [0.3, 0.4) is 0 Å². The molecule has 0 aromatic carbocycles. The molecule has 3 aliphatic rings. The van der Waals surface area contributed by atoms with E-state index in [1.54, 1.807) is 0 Å². The second kappa shape index (κ2) is 7.69. The van der Waals surface area contributed by atoms with Crippen LogP contribution in [-0.2, 0) is 4.79 Å². The highest BCUT2D eigenvalue weighted by Crippen LogP contribution is 2.45. The molecule has 2 unspecified atom stereocenters. The summed E-state index contributed by atoms with van der Waals surface area (Å²) in [7, 11) is 1.99. The molecule has 2 N–H and O–H groups in total. The molecule has 3 nitrogen and oxygen atoms in total. The zero-order valence-corrected chi connectivity index (χ0v) is 14.9. The number of carbonyl (C=O) groups is 1. The van der Waals surface area contributed by atoms with Crippen LogP contribution in [0, 0.1) is 17.3 Å². The van der Waals surface area contributed by atoms with Crippen LogP contribution in [0.2, 0.25) is 0 Å². The normalized spacial score (nSPS) is 30.0. The molecule has 3 aliphatic carbocycles. The molecule has 24 heavy (non-hydrogen) atoms. The molecule has 0 heterocycles. The van der Waals surface area contributed by atoms with Gasteiger partial charge in [-0.25, -0.2) is 0 Å². The molecule has 1 saturated carbocycles. The minimum Gasteiger partial charge on any atom is -0.396 e. The van der Waals surface area contributed by atoms with Crippen molar-refractivity contribution in [2.24, 2.45) is 17.3 Å². The minimum atomic E-state index is -0.263. The molecular formula is C21H31NO2. The van der Waals surface area contributed by atoms with E-state index >= 15 is 0 Å². The number of aldehydes is 1. The highest BCUT2D eigenvalue weighted by atomic mass is 16.3. The van der Waals surface area contributed by atoms with Gasteiger partial charge < -0.3 is 15.2 Å². The van der Waals surface area contributed by atoms with E-state index in [2.05, 4.69) is 23.5 Å². The van der Waals surface area contributed by atoms with Crippen molar-refractivity contribution >= 4 is 6.29 Å². The van der Waals surface area contributed by atoms with Crippen molar-refractivity contribution in [3.8, 4) is 0 Å². The van der Waals surface area contributed by atoms with Crippen LogP contribution in [0.1, 0.15) is 57.8 Å². The number of hydrogen-bond acceptors (Lipinski definition) is 3. The Bertz CT molecular complexity index is 552. The fourth-order valence-electron chi connectivity index (χ4n) is 4.71. The van der Waals surface area contributed by atoms with Crippen molar-refractivity contribution < 1.29 is 9.90 Å². The average molecular weight is 329 g/mol. The first-order chi connectivity index (χ1) is 11.7. The molecule has 0 amide bonds. The summed E-state index contributed by atoms with van der Waals surface area (Å²) in [6.07, 6.45) is 17.8. The third kappa shape index (κ3) is 3.37. The SMILES string of the molecule is CNC1=C(C2(C=O)CCCCC2)C=CC(C2=CCC(CO)CC2)C1. The number of aliphatic hydroxyl groups excluding tert-OH is 1. The molecule has 2 atom stereocenters. The lowest BCUT2D eigenvalue weighted by atomic mass is 9.67. The first-order valence-corrected chi connectivity index (χ1v) is 9.58. The third-order valence-electron chi connectivity index (χ3n) is 6.34. The van der Waals surface area contributed by atoms with Crippen molar-refractivity contribution in [1.82, 2.24) is 5.32 Å². The van der Waals surface area contributed by atoms with Crippen molar-refractivity contribution in [1.29, 1.82) is 0 Å². The van der Waals surface area contributed by atoms with E-state index in [9.17, 15) is 9.90 Å². The smallest absolute Gasteiger partial charge is 0.130 e. The van der Waals surface area contributed by atoms with Gasteiger partial charge >= 0.3 is 0 Å². The van der Waals surface area contributed by atoms with E-state index in [0.717, 1.165) is 51.4 Å². The van der Waals surface area contributed by atoms with E-state index in [1.165, 1.54) is 29.6 Å². The summed E-state index contributed by atoms with van der Waals surface area (Å²) in [6.45, 7) is 0.304. The summed E-state index contributed by atoms with van der Waals surface area (Å²) in [6, 6.07) is 0. The van der Waals surface area contributed by atoms with Gasteiger partial charge in [0.2, 0.25) is 0 Å². The molecule has 3 heteroatoms. The number of hydrogen-bond donors (Lipinski definition) is 2. The van der Waals surface area contributed by atoms with E-state index in [0.29, 0.717) is 18.4 Å². The van der Waals surface area contributed by atoms with Crippen LogP contribution >= 0.6 is 0 Å². The highest BCUT2D eigenvalue weighted by molar-refractivity contribution is 5.68. The summed E-state index contributed by atoms with van der Waals surface area (Å²) >= 11 is 0. The molecule has 1 fully saturated rings. The van der Waals surface area contributed by atoms with Crippen molar-refractivity contribution in [2.75, 3.05) is 13.7 Å². The topological polar surface area (TPSA) is 49.3 Å². The average Bonchev–Trinajstić information content (AvgIpc) is 2.68. The van der Waals surface area contributed by atoms with Crippen molar-refractivity contribution in [2.45, 2.75) is 57.8 Å². The maximum absolute atomic E-state index is 12.0. The molecule has 0 aromatic heterocycles. The number of rotatable bonds is 5. The van der Waals surface area contributed by atoms with Gasteiger partial charge in [-0.1, -0.05) is 43.1 Å². The molecule has 0 spiro atoms. The van der Waals surface area contributed by atoms with E-state index in [1.807, 2.05) is 7.05 Å². The number of nitrogens with one attached hydrogen (secondary N) is 1. The molecule has 0 aromatic rings. The second-order valence-electron chi connectivity index (χ2n) is 7.75. The van der Waals surface area contributed by atoms with Gasteiger partial charge in [0.1, 0.15) is 6.29 Å². The third-order valence-corrected chi connectivity index (χ3v) is 6.34. The van der Waals surface area contributed by atoms with Crippen LogP contribution in [-0.4, -0.2) is 25.0 Å². The van der Waals surface area contributed by atoms with Crippen LogP contribution in [0.4, 0.5) is 0 Å². The molecular weight excluding hydrogens is 298 g/mol. The monoisotopic (exact) mass is 329 g/mol. The summed E-state index contributed by atoms with van der Waals surface area (Å²) < 4.78 is 0. The van der Waals surface area contributed by atoms with Crippen LogP contribution in [0.5, 0.6) is 0 Å². The van der Waals surface area contributed by atoms with Crippen LogP contribution in [0.25, 0.3) is 0 Å². The van der Waals surface area contributed by atoms with Crippen molar-refractivity contribution in [3.63, 3.8) is 0 Å². The Balaban J connectivity index is 1.79. The Morgan fingerprint density at radius 3 is 2.71 bits per heavy atom. The van der Waals surface area contributed by atoms with Gasteiger partial charge in [-0.2, -0.15) is 0 Å². The highest BCUT2D eigenvalue weighted by Gasteiger charge is 2.38. The van der Waals surface area contributed by atoms with E-state index in [4.69, 9.17) is 0 Å². The zero-order valence-electron chi connectivity index (χ0n) is 14.9. The van der Waals surface area contributed by atoms with Gasteiger partial charge in [-0.15, -0.1) is 0 Å². The lowest BCUT2D eigenvalue weighted by Gasteiger charge is -2.38. The standard InChI is InChI=1S/C21H31NO2/c1-22-20-13-18(17-7-5-16(14-23)6-8-17)9-10-19(20)21(15-24)11-3-2-4-12-21/h7,9-10,15-16,18,22-23H,2-6,8,11-14H2,1H3. The first-order valence-electron chi connectivity index (χ1n) is 9.58. The maximum atomic E-state index is 12.0. The van der Waals surface area contributed by atoms with Gasteiger partial charge in [0.05, 0.1) is 5.41 Å². The molecule has 0 saturated heterocycles. The molecule has 132 valence electrons. The number of allylic oxidation sites excluding steroid dienone is 6. The zero-order chi connectivity index (χ0) is 17.0. The number of aliphatic hydroxyl groups is 1.